The van der Waals surface area contributed by atoms with Gasteiger partial charge in [0.1, 0.15) is 0 Å². The van der Waals surface area contributed by atoms with Crippen LogP contribution in [0.5, 0.6) is 0 Å². The van der Waals surface area contributed by atoms with Crippen molar-refractivity contribution in [1.29, 1.82) is 0 Å². The molecule has 4 nitrogen and oxygen atoms in total. The number of terminal acetylenes is 1. The van der Waals surface area contributed by atoms with E-state index in [2.05, 4.69) is 16.0 Å². The third kappa shape index (κ3) is 5.71. The average Bonchev–Trinajstić information content (AvgIpc) is 2.41. The number of amides is 1. The maximum atomic E-state index is 11.4. The average molecular weight is 245 g/mol. The summed E-state index contributed by atoms with van der Waals surface area (Å²) in [7, 11) is 0. The molecule has 94 valence electrons. The molecule has 0 bridgehead atoms. The lowest BCUT2D eigenvalue weighted by Gasteiger charge is -2.05. The van der Waals surface area contributed by atoms with Crippen molar-refractivity contribution >= 4 is 11.9 Å². The van der Waals surface area contributed by atoms with Crippen molar-refractivity contribution in [2.75, 3.05) is 6.61 Å². The van der Waals surface area contributed by atoms with Gasteiger partial charge in [-0.1, -0.05) is 36.3 Å². The van der Waals surface area contributed by atoms with E-state index in [1.807, 2.05) is 30.3 Å². The van der Waals surface area contributed by atoms with Crippen LogP contribution in [0.15, 0.2) is 30.3 Å². The van der Waals surface area contributed by atoms with Crippen LogP contribution < -0.4 is 5.32 Å². The molecule has 0 aliphatic carbocycles. The fraction of sp³-hybridized carbons (Fsp3) is 0.286. The molecule has 18 heavy (non-hydrogen) atoms. The zero-order chi connectivity index (χ0) is 13.2. The van der Waals surface area contributed by atoms with Crippen molar-refractivity contribution < 1.29 is 14.3 Å². The molecule has 1 N–H and O–H groups in total. The zero-order valence-electron chi connectivity index (χ0n) is 10.0. The summed E-state index contributed by atoms with van der Waals surface area (Å²) < 4.78 is 4.65. The summed E-state index contributed by atoms with van der Waals surface area (Å²) in [5.41, 5.74) is 1.01. The van der Waals surface area contributed by atoms with Crippen LogP contribution >= 0.6 is 0 Å². The van der Waals surface area contributed by atoms with Crippen LogP contribution in [0.2, 0.25) is 0 Å². The largest absolute Gasteiger partial charge is 0.452 e. The predicted octanol–water partition coefficient (Wildman–Crippen LogP) is 1.26. The van der Waals surface area contributed by atoms with Crippen LogP contribution in [0.1, 0.15) is 18.4 Å². The monoisotopic (exact) mass is 245 g/mol. The third-order valence-corrected chi connectivity index (χ3v) is 2.21. The summed E-state index contributed by atoms with van der Waals surface area (Å²) in [4.78, 5) is 22.5. The van der Waals surface area contributed by atoms with E-state index in [0.29, 0.717) is 6.54 Å². The predicted molar refractivity (Wildman–Crippen MR) is 67.3 cm³/mol. The molecule has 0 fully saturated rings. The second kappa shape index (κ2) is 7.91. The Bertz CT molecular complexity index is 434. The van der Waals surface area contributed by atoms with Crippen molar-refractivity contribution in [3.05, 3.63) is 35.9 Å². The van der Waals surface area contributed by atoms with Gasteiger partial charge in [0, 0.05) is 13.0 Å². The molecule has 0 aliphatic heterocycles. The first-order chi connectivity index (χ1) is 8.72. The van der Waals surface area contributed by atoms with Gasteiger partial charge in [-0.2, -0.15) is 0 Å². The second-order valence-corrected chi connectivity index (χ2v) is 3.63. The van der Waals surface area contributed by atoms with E-state index in [-0.39, 0.29) is 25.4 Å². The first-order valence-electron chi connectivity index (χ1n) is 5.62. The van der Waals surface area contributed by atoms with Crippen molar-refractivity contribution in [3.8, 4) is 12.3 Å². The molecular weight excluding hydrogens is 230 g/mol. The van der Waals surface area contributed by atoms with Gasteiger partial charge in [0.2, 0.25) is 5.91 Å². The summed E-state index contributed by atoms with van der Waals surface area (Å²) in [6, 6.07) is 9.55. The zero-order valence-corrected chi connectivity index (χ0v) is 10.0. The Kier molecular flexibility index (Phi) is 6.05. The lowest BCUT2D eigenvalue weighted by Crippen LogP contribution is -2.23. The van der Waals surface area contributed by atoms with Gasteiger partial charge in [-0.25, -0.2) is 0 Å². The SMILES string of the molecule is C#CCOC(=O)CCC(=O)NCc1ccccc1. The number of esters is 1. The van der Waals surface area contributed by atoms with E-state index in [0.717, 1.165) is 5.56 Å². The van der Waals surface area contributed by atoms with Crippen LogP contribution in [0, 0.1) is 12.3 Å². The molecular formula is C14H15NO3. The van der Waals surface area contributed by atoms with Gasteiger partial charge in [-0.15, -0.1) is 6.42 Å². The van der Waals surface area contributed by atoms with Crippen molar-refractivity contribution in [1.82, 2.24) is 5.32 Å². The highest BCUT2D eigenvalue weighted by atomic mass is 16.5. The van der Waals surface area contributed by atoms with E-state index in [1.165, 1.54) is 0 Å². The standard InChI is InChI=1S/C14H15NO3/c1-2-10-18-14(17)9-8-13(16)15-11-12-6-4-3-5-7-12/h1,3-7H,8-11H2,(H,15,16). The molecule has 0 aromatic heterocycles. The maximum absolute atomic E-state index is 11.4. The Labute approximate surface area is 106 Å². The van der Waals surface area contributed by atoms with Crippen molar-refractivity contribution in [2.45, 2.75) is 19.4 Å². The lowest BCUT2D eigenvalue weighted by atomic mass is 10.2. The molecule has 0 saturated heterocycles. The first kappa shape index (κ1) is 13.8. The Morgan fingerprint density at radius 2 is 1.94 bits per heavy atom. The first-order valence-corrected chi connectivity index (χ1v) is 5.62. The van der Waals surface area contributed by atoms with E-state index in [1.54, 1.807) is 0 Å². The van der Waals surface area contributed by atoms with E-state index in [9.17, 15) is 9.59 Å². The van der Waals surface area contributed by atoms with E-state index >= 15 is 0 Å². The molecule has 0 saturated carbocycles. The van der Waals surface area contributed by atoms with Gasteiger partial charge >= 0.3 is 5.97 Å². The van der Waals surface area contributed by atoms with Crippen molar-refractivity contribution in [3.63, 3.8) is 0 Å². The number of ether oxygens (including phenoxy) is 1. The summed E-state index contributed by atoms with van der Waals surface area (Å²) in [5, 5.41) is 2.72. The molecule has 1 aromatic carbocycles. The fourth-order valence-electron chi connectivity index (χ4n) is 1.29. The minimum Gasteiger partial charge on any atom is -0.452 e. The molecule has 0 atom stereocenters. The summed E-state index contributed by atoms with van der Waals surface area (Å²) in [5.74, 6) is 1.55. The number of hydrogen-bond donors (Lipinski definition) is 1. The Hall–Kier alpha value is -2.28. The molecule has 1 aromatic rings. The molecule has 0 heterocycles. The van der Waals surface area contributed by atoms with Gasteiger partial charge in [-0.3, -0.25) is 9.59 Å². The van der Waals surface area contributed by atoms with Gasteiger partial charge in [-0.05, 0) is 5.56 Å². The minimum atomic E-state index is -0.456. The van der Waals surface area contributed by atoms with E-state index in [4.69, 9.17) is 6.42 Å². The lowest BCUT2D eigenvalue weighted by molar-refractivity contribution is -0.143. The highest BCUT2D eigenvalue weighted by molar-refractivity contribution is 5.81. The van der Waals surface area contributed by atoms with Crippen molar-refractivity contribution in [2.24, 2.45) is 0 Å². The van der Waals surface area contributed by atoms with Crippen LogP contribution in [0.3, 0.4) is 0 Å². The Balaban J connectivity index is 2.18. The quantitative estimate of drug-likeness (QED) is 0.606. The molecule has 4 heteroatoms. The van der Waals surface area contributed by atoms with E-state index < -0.39 is 5.97 Å². The highest BCUT2D eigenvalue weighted by Gasteiger charge is 2.07. The third-order valence-electron chi connectivity index (χ3n) is 2.21. The number of rotatable bonds is 6. The molecule has 1 rings (SSSR count). The molecule has 0 aliphatic rings. The second-order valence-electron chi connectivity index (χ2n) is 3.63. The van der Waals surface area contributed by atoms with Crippen LogP contribution in [0.25, 0.3) is 0 Å². The summed E-state index contributed by atoms with van der Waals surface area (Å²) in [6.45, 7) is 0.406. The molecule has 0 unspecified atom stereocenters. The summed E-state index contributed by atoms with van der Waals surface area (Å²) in [6.07, 6.45) is 5.09. The maximum Gasteiger partial charge on any atom is 0.307 e. The highest BCUT2D eigenvalue weighted by Crippen LogP contribution is 1.98. The number of hydrogen-bond acceptors (Lipinski definition) is 3. The number of carbonyl (C=O) groups is 2. The molecule has 0 radical (unpaired) electrons. The van der Waals surface area contributed by atoms with Gasteiger partial charge < -0.3 is 10.1 Å². The number of benzene rings is 1. The minimum absolute atomic E-state index is 0.0440. The van der Waals surface area contributed by atoms with Crippen LogP contribution in [-0.4, -0.2) is 18.5 Å². The smallest absolute Gasteiger partial charge is 0.307 e. The van der Waals surface area contributed by atoms with Gasteiger partial charge in [0.05, 0.1) is 6.42 Å². The number of carbonyl (C=O) groups excluding carboxylic acids is 2. The van der Waals surface area contributed by atoms with Gasteiger partial charge in [0.25, 0.3) is 0 Å². The molecule has 0 spiro atoms. The Morgan fingerprint density at radius 1 is 1.22 bits per heavy atom. The number of nitrogens with one attached hydrogen (secondary N) is 1. The van der Waals surface area contributed by atoms with Gasteiger partial charge in [0.15, 0.2) is 6.61 Å². The molecule has 1 amide bonds. The fourth-order valence-corrected chi connectivity index (χ4v) is 1.29. The van der Waals surface area contributed by atoms with Crippen LogP contribution in [0.4, 0.5) is 0 Å². The van der Waals surface area contributed by atoms with Crippen LogP contribution in [-0.2, 0) is 20.9 Å². The Morgan fingerprint density at radius 3 is 2.61 bits per heavy atom. The normalized spacial score (nSPS) is 9.28. The topological polar surface area (TPSA) is 55.4 Å². The summed E-state index contributed by atoms with van der Waals surface area (Å²) >= 11 is 0.